The number of aryl methyl sites for hydroxylation is 1. The van der Waals surface area contributed by atoms with Gasteiger partial charge in [-0.1, -0.05) is 0 Å². The minimum atomic E-state index is 0.704. The standard InChI is InChI=1S/C10H13N3OS/c1-6-12-8-5-9(13(2)14-3)7(11)4-10(8)15-6/h4-5H,11H2,1-3H3. The smallest absolute Gasteiger partial charge is 0.0907 e. The maximum atomic E-state index is 5.93. The first kappa shape index (κ1) is 10.2. The van der Waals surface area contributed by atoms with Crippen LogP contribution in [0.3, 0.4) is 0 Å². The number of thiazole rings is 1. The Bertz CT molecular complexity index is 495. The molecule has 0 amide bonds. The number of nitrogens with two attached hydrogens (primary N) is 1. The molecule has 1 aromatic heterocycles. The normalized spacial score (nSPS) is 10.9. The average molecular weight is 223 g/mol. The molecule has 0 fully saturated rings. The van der Waals surface area contributed by atoms with E-state index in [0.717, 1.165) is 20.9 Å². The summed E-state index contributed by atoms with van der Waals surface area (Å²) in [6, 6.07) is 3.88. The minimum Gasteiger partial charge on any atom is -0.397 e. The molecular formula is C10H13N3OS. The van der Waals surface area contributed by atoms with Crippen LogP contribution < -0.4 is 10.8 Å². The maximum absolute atomic E-state index is 5.93. The Labute approximate surface area is 92.2 Å². The highest BCUT2D eigenvalue weighted by Crippen LogP contribution is 2.31. The highest BCUT2D eigenvalue weighted by atomic mass is 32.1. The van der Waals surface area contributed by atoms with Gasteiger partial charge in [-0.2, -0.15) is 0 Å². The highest BCUT2D eigenvalue weighted by Gasteiger charge is 2.09. The first-order chi connectivity index (χ1) is 7.11. The first-order valence-corrected chi connectivity index (χ1v) is 5.38. The van der Waals surface area contributed by atoms with E-state index in [9.17, 15) is 0 Å². The first-order valence-electron chi connectivity index (χ1n) is 4.56. The summed E-state index contributed by atoms with van der Waals surface area (Å²) >= 11 is 1.64. The van der Waals surface area contributed by atoms with Crippen molar-refractivity contribution in [1.29, 1.82) is 0 Å². The fourth-order valence-corrected chi connectivity index (χ4v) is 2.32. The highest BCUT2D eigenvalue weighted by molar-refractivity contribution is 7.18. The number of nitrogens with zero attached hydrogens (tertiary/aromatic N) is 2. The van der Waals surface area contributed by atoms with E-state index in [0.29, 0.717) is 5.69 Å². The number of fused-ring (bicyclic) bond motifs is 1. The molecule has 1 aromatic carbocycles. The van der Waals surface area contributed by atoms with Crippen molar-refractivity contribution < 1.29 is 4.84 Å². The molecule has 0 aliphatic heterocycles. The van der Waals surface area contributed by atoms with Crippen LogP contribution in [-0.2, 0) is 4.84 Å². The fourth-order valence-electron chi connectivity index (χ4n) is 1.46. The fraction of sp³-hybridized carbons (Fsp3) is 0.300. The van der Waals surface area contributed by atoms with Crippen LogP contribution in [0.2, 0.25) is 0 Å². The average Bonchev–Trinajstić information content (AvgIpc) is 2.55. The number of rotatable bonds is 2. The lowest BCUT2D eigenvalue weighted by molar-refractivity contribution is 0.185. The number of anilines is 2. The van der Waals surface area contributed by atoms with Gasteiger partial charge in [0.1, 0.15) is 0 Å². The third kappa shape index (κ3) is 1.75. The van der Waals surface area contributed by atoms with E-state index in [-0.39, 0.29) is 0 Å². The van der Waals surface area contributed by atoms with Crippen LogP contribution in [-0.4, -0.2) is 19.1 Å². The molecular weight excluding hydrogens is 210 g/mol. The van der Waals surface area contributed by atoms with E-state index in [2.05, 4.69) is 4.98 Å². The number of aromatic nitrogens is 1. The van der Waals surface area contributed by atoms with Crippen molar-refractivity contribution in [3.05, 3.63) is 17.1 Å². The van der Waals surface area contributed by atoms with E-state index in [1.165, 1.54) is 0 Å². The molecule has 0 unspecified atom stereocenters. The van der Waals surface area contributed by atoms with Crippen molar-refractivity contribution in [2.24, 2.45) is 0 Å². The van der Waals surface area contributed by atoms with Gasteiger partial charge in [0.05, 0.1) is 33.7 Å². The molecule has 2 rings (SSSR count). The van der Waals surface area contributed by atoms with E-state index in [4.69, 9.17) is 10.6 Å². The third-order valence-electron chi connectivity index (χ3n) is 2.26. The number of hydrogen-bond acceptors (Lipinski definition) is 5. The molecule has 4 nitrogen and oxygen atoms in total. The molecule has 0 bridgehead atoms. The zero-order valence-corrected chi connectivity index (χ0v) is 9.76. The predicted molar refractivity (Wildman–Crippen MR) is 64.2 cm³/mol. The molecule has 2 aromatic rings. The van der Waals surface area contributed by atoms with Gasteiger partial charge in [0, 0.05) is 7.05 Å². The third-order valence-corrected chi connectivity index (χ3v) is 3.19. The summed E-state index contributed by atoms with van der Waals surface area (Å²) in [6.07, 6.45) is 0. The van der Waals surface area contributed by atoms with Crippen molar-refractivity contribution in [2.75, 3.05) is 25.0 Å². The van der Waals surface area contributed by atoms with Gasteiger partial charge in [-0.05, 0) is 19.1 Å². The monoisotopic (exact) mass is 223 g/mol. The molecule has 0 atom stereocenters. The van der Waals surface area contributed by atoms with Crippen LogP contribution >= 0.6 is 11.3 Å². The van der Waals surface area contributed by atoms with E-state index in [1.807, 2.05) is 26.1 Å². The van der Waals surface area contributed by atoms with Crippen LogP contribution in [0.4, 0.5) is 11.4 Å². The molecule has 15 heavy (non-hydrogen) atoms. The zero-order chi connectivity index (χ0) is 11.0. The summed E-state index contributed by atoms with van der Waals surface area (Å²) in [4.78, 5) is 9.51. The Morgan fingerprint density at radius 1 is 1.47 bits per heavy atom. The Morgan fingerprint density at radius 3 is 2.87 bits per heavy atom. The number of benzene rings is 1. The van der Waals surface area contributed by atoms with Gasteiger partial charge in [-0.25, -0.2) is 4.98 Å². The summed E-state index contributed by atoms with van der Waals surface area (Å²) < 4.78 is 1.11. The van der Waals surface area contributed by atoms with Gasteiger partial charge >= 0.3 is 0 Å². The summed E-state index contributed by atoms with van der Waals surface area (Å²) in [5.41, 5.74) is 8.44. The Hall–Kier alpha value is -1.33. The largest absolute Gasteiger partial charge is 0.397 e. The van der Waals surface area contributed by atoms with Crippen LogP contribution in [0.1, 0.15) is 5.01 Å². The molecule has 0 saturated heterocycles. The van der Waals surface area contributed by atoms with Gasteiger partial charge in [0.15, 0.2) is 0 Å². The van der Waals surface area contributed by atoms with Crippen molar-refractivity contribution in [3.63, 3.8) is 0 Å². The lowest BCUT2D eigenvalue weighted by Gasteiger charge is -2.17. The minimum absolute atomic E-state index is 0.704. The number of hydrogen-bond donors (Lipinski definition) is 1. The second kappa shape index (κ2) is 3.67. The number of hydroxylamine groups is 1. The summed E-state index contributed by atoms with van der Waals surface area (Å²) in [5, 5.41) is 2.67. The summed E-state index contributed by atoms with van der Waals surface area (Å²) in [7, 11) is 3.42. The van der Waals surface area contributed by atoms with Crippen molar-refractivity contribution in [1.82, 2.24) is 4.98 Å². The second-order valence-corrected chi connectivity index (χ2v) is 4.53. The Morgan fingerprint density at radius 2 is 2.20 bits per heavy atom. The van der Waals surface area contributed by atoms with E-state index in [1.54, 1.807) is 23.5 Å². The van der Waals surface area contributed by atoms with E-state index >= 15 is 0 Å². The predicted octanol–water partition coefficient (Wildman–Crippen LogP) is 2.18. The molecule has 0 aliphatic carbocycles. The molecule has 0 spiro atoms. The van der Waals surface area contributed by atoms with Gasteiger partial charge < -0.3 is 5.73 Å². The van der Waals surface area contributed by atoms with Gasteiger partial charge in [-0.3, -0.25) is 9.90 Å². The molecule has 0 saturated carbocycles. The number of nitrogen functional groups attached to an aromatic ring is 1. The molecule has 80 valence electrons. The van der Waals surface area contributed by atoms with Gasteiger partial charge in [0.2, 0.25) is 0 Å². The van der Waals surface area contributed by atoms with Gasteiger partial charge in [0.25, 0.3) is 0 Å². The molecule has 1 heterocycles. The SMILES string of the molecule is CON(C)c1cc2nc(C)sc2cc1N. The van der Waals surface area contributed by atoms with Crippen LogP contribution in [0.5, 0.6) is 0 Å². The summed E-state index contributed by atoms with van der Waals surface area (Å²) in [5.74, 6) is 0. The van der Waals surface area contributed by atoms with E-state index < -0.39 is 0 Å². The molecule has 0 radical (unpaired) electrons. The molecule has 5 heteroatoms. The van der Waals surface area contributed by atoms with Crippen LogP contribution in [0.25, 0.3) is 10.2 Å². The summed E-state index contributed by atoms with van der Waals surface area (Å²) in [6.45, 7) is 1.99. The van der Waals surface area contributed by atoms with Crippen molar-refractivity contribution >= 4 is 32.9 Å². The topological polar surface area (TPSA) is 51.4 Å². The Balaban J connectivity index is 2.60. The molecule has 0 aliphatic rings. The van der Waals surface area contributed by atoms with Gasteiger partial charge in [-0.15, -0.1) is 11.3 Å². The lowest BCUT2D eigenvalue weighted by Crippen LogP contribution is -2.16. The van der Waals surface area contributed by atoms with Crippen LogP contribution in [0.15, 0.2) is 12.1 Å². The van der Waals surface area contributed by atoms with Crippen LogP contribution in [0, 0.1) is 6.92 Å². The Kier molecular flexibility index (Phi) is 2.50. The van der Waals surface area contributed by atoms with Crippen molar-refractivity contribution in [3.8, 4) is 0 Å². The molecule has 2 N–H and O–H groups in total. The second-order valence-electron chi connectivity index (χ2n) is 3.29. The zero-order valence-electron chi connectivity index (χ0n) is 8.94. The quantitative estimate of drug-likeness (QED) is 0.626. The maximum Gasteiger partial charge on any atom is 0.0907 e. The van der Waals surface area contributed by atoms with Crippen molar-refractivity contribution in [2.45, 2.75) is 6.92 Å². The lowest BCUT2D eigenvalue weighted by atomic mass is 10.2.